The third-order valence-corrected chi connectivity index (χ3v) is 2.68. The first-order valence-corrected chi connectivity index (χ1v) is 5.14. The normalized spacial score (nSPS) is 21.7. The molecule has 0 bridgehead atoms. The lowest BCUT2D eigenvalue weighted by molar-refractivity contribution is -0.117. The number of amides is 1. The van der Waals surface area contributed by atoms with Crippen LogP contribution in [0.5, 0.6) is 0 Å². The van der Waals surface area contributed by atoms with Gasteiger partial charge in [-0.25, -0.2) is 9.37 Å². The van der Waals surface area contributed by atoms with Crippen LogP contribution in [0.1, 0.15) is 6.42 Å². The first kappa shape index (κ1) is 9.58. The van der Waals surface area contributed by atoms with E-state index in [0.717, 1.165) is 0 Å². The molecular formula is C9H8BrFN2O. The molecule has 1 saturated heterocycles. The number of hydrogen-bond acceptors (Lipinski definition) is 2. The van der Waals surface area contributed by atoms with Gasteiger partial charge in [0.1, 0.15) is 11.6 Å². The summed E-state index contributed by atoms with van der Waals surface area (Å²) in [4.78, 5) is 17.0. The first-order valence-electron chi connectivity index (χ1n) is 4.23. The van der Waals surface area contributed by atoms with E-state index in [2.05, 4.69) is 20.9 Å². The van der Waals surface area contributed by atoms with Gasteiger partial charge in [0.15, 0.2) is 0 Å². The fourth-order valence-electron chi connectivity index (χ4n) is 1.43. The summed E-state index contributed by atoms with van der Waals surface area (Å²) in [5.74, 6) is -0.0113. The number of carbonyl (C=O) groups is 1. The number of halogens is 2. The molecule has 0 aromatic carbocycles. The van der Waals surface area contributed by atoms with E-state index < -0.39 is 0 Å². The summed E-state index contributed by atoms with van der Waals surface area (Å²) >= 11 is 3.35. The van der Waals surface area contributed by atoms with E-state index in [4.69, 9.17) is 0 Å². The lowest BCUT2D eigenvalue weighted by Gasteiger charge is -2.13. The van der Waals surface area contributed by atoms with Crippen molar-refractivity contribution in [3.05, 3.63) is 24.1 Å². The van der Waals surface area contributed by atoms with E-state index in [1.165, 1.54) is 23.2 Å². The molecule has 1 fully saturated rings. The lowest BCUT2D eigenvalue weighted by atomic mass is 10.4. The number of pyridine rings is 1. The number of rotatable bonds is 1. The van der Waals surface area contributed by atoms with E-state index >= 15 is 0 Å². The quantitative estimate of drug-likeness (QED) is 0.719. The molecule has 5 heteroatoms. The molecule has 2 heterocycles. The Kier molecular flexibility index (Phi) is 2.50. The van der Waals surface area contributed by atoms with Gasteiger partial charge < -0.3 is 0 Å². The van der Waals surface area contributed by atoms with E-state index in [9.17, 15) is 9.18 Å². The molecule has 1 aromatic heterocycles. The highest BCUT2D eigenvalue weighted by molar-refractivity contribution is 9.09. The van der Waals surface area contributed by atoms with Gasteiger partial charge in [-0.3, -0.25) is 9.69 Å². The zero-order chi connectivity index (χ0) is 10.1. The van der Waals surface area contributed by atoms with Crippen molar-refractivity contribution >= 4 is 27.7 Å². The minimum Gasteiger partial charge on any atom is -0.296 e. The van der Waals surface area contributed by atoms with Crippen molar-refractivity contribution in [2.24, 2.45) is 0 Å². The molecule has 1 aromatic rings. The zero-order valence-electron chi connectivity index (χ0n) is 7.28. The van der Waals surface area contributed by atoms with Crippen LogP contribution in [0.25, 0.3) is 0 Å². The minimum atomic E-state index is -0.374. The molecule has 1 aliphatic rings. The number of nitrogens with zero attached hydrogens (tertiary/aromatic N) is 2. The third kappa shape index (κ3) is 1.77. The molecular weight excluding hydrogens is 251 g/mol. The fraction of sp³-hybridized carbons (Fsp3) is 0.333. The van der Waals surface area contributed by atoms with Crippen molar-refractivity contribution in [1.82, 2.24) is 4.98 Å². The fourth-order valence-corrected chi connectivity index (χ4v) is 1.99. The summed E-state index contributed by atoms with van der Waals surface area (Å²) in [6.07, 6.45) is 1.80. The first-order chi connectivity index (χ1) is 6.66. The molecule has 0 spiro atoms. The Balaban J connectivity index is 2.27. The second-order valence-corrected chi connectivity index (χ2v) is 4.43. The van der Waals surface area contributed by atoms with Crippen molar-refractivity contribution in [3.8, 4) is 0 Å². The Morgan fingerprint density at radius 3 is 3.00 bits per heavy atom. The number of carbonyl (C=O) groups excluding carboxylic acids is 1. The summed E-state index contributed by atoms with van der Waals surface area (Å²) in [6, 6.07) is 2.53. The topological polar surface area (TPSA) is 33.2 Å². The minimum absolute atomic E-state index is 0.0232. The maximum absolute atomic E-state index is 12.9. The number of aromatic nitrogens is 1. The maximum Gasteiger partial charge on any atom is 0.229 e. The van der Waals surface area contributed by atoms with E-state index in [-0.39, 0.29) is 16.6 Å². The van der Waals surface area contributed by atoms with Crippen molar-refractivity contribution < 1.29 is 9.18 Å². The van der Waals surface area contributed by atoms with Crippen molar-refractivity contribution in [3.63, 3.8) is 0 Å². The average Bonchev–Trinajstić information content (AvgIpc) is 2.45. The smallest absolute Gasteiger partial charge is 0.229 e. The largest absolute Gasteiger partial charge is 0.296 e. The van der Waals surface area contributed by atoms with Gasteiger partial charge in [-0.05, 0) is 6.07 Å². The van der Waals surface area contributed by atoms with Crippen LogP contribution in [-0.2, 0) is 4.79 Å². The van der Waals surface area contributed by atoms with Gasteiger partial charge in [0, 0.05) is 30.1 Å². The van der Waals surface area contributed by atoms with Crippen LogP contribution >= 0.6 is 15.9 Å². The second kappa shape index (κ2) is 3.65. The molecule has 0 N–H and O–H groups in total. The van der Waals surface area contributed by atoms with Crippen LogP contribution in [0.15, 0.2) is 18.3 Å². The molecule has 0 radical (unpaired) electrons. The van der Waals surface area contributed by atoms with Gasteiger partial charge in [-0.2, -0.15) is 0 Å². The molecule has 14 heavy (non-hydrogen) atoms. The molecule has 2 rings (SSSR count). The Hall–Kier alpha value is -0.970. The highest BCUT2D eigenvalue weighted by atomic mass is 79.9. The summed E-state index contributed by atoms with van der Waals surface area (Å²) in [6.45, 7) is 0.551. The molecule has 0 saturated carbocycles. The van der Waals surface area contributed by atoms with E-state index in [0.29, 0.717) is 18.8 Å². The third-order valence-electron chi connectivity index (χ3n) is 2.06. The Labute approximate surface area is 89.1 Å². The number of alkyl halides is 1. The van der Waals surface area contributed by atoms with Gasteiger partial charge in [-0.1, -0.05) is 15.9 Å². The molecule has 1 atom stereocenters. The molecule has 74 valence electrons. The molecule has 0 aliphatic carbocycles. The van der Waals surface area contributed by atoms with Crippen LogP contribution in [-0.4, -0.2) is 22.3 Å². The van der Waals surface area contributed by atoms with Crippen LogP contribution in [0.4, 0.5) is 10.2 Å². The number of hydrogen-bond donors (Lipinski definition) is 0. The number of anilines is 1. The van der Waals surface area contributed by atoms with Crippen LogP contribution in [0, 0.1) is 5.82 Å². The van der Waals surface area contributed by atoms with Crippen molar-refractivity contribution in [2.45, 2.75) is 11.2 Å². The molecule has 3 nitrogen and oxygen atoms in total. The Morgan fingerprint density at radius 2 is 2.43 bits per heavy atom. The van der Waals surface area contributed by atoms with Crippen molar-refractivity contribution in [1.29, 1.82) is 0 Å². The molecule has 1 unspecified atom stereocenters. The van der Waals surface area contributed by atoms with Crippen LogP contribution in [0.3, 0.4) is 0 Å². The van der Waals surface area contributed by atoms with Gasteiger partial charge in [0.2, 0.25) is 5.91 Å². The standard InChI is InChI=1S/C9H8BrFN2O/c10-6-3-9(14)13(5-6)8-4-7(11)1-2-12-8/h1-2,4,6H,3,5H2. The molecule has 1 aliphatic heterocycles. The highest BCUT2D eigenvalue weighted by Gasteiger charge is 2.29. The van der Waals surface area contributed by atoms with Crippen LogP contribution in [0.2, 0.25) is 0 Å². The lowest BCUT2D eigenvalue weighted by Crippen LogP contribution is -2.25. The predicted octanol–water partition coefficient (Wildman–Crippen LogP) is 1.72. The van der Waals surface area contributed by atoms with E-state index in [1.807, 2.05) is 0 Å². The van der Waals surface area contributed by atoms with Gasteiger partial charge in [0.05, 0.1) is 0 Å². The summed E-state index contributed by atoms with van der Waals surface area (Å²) in [5.41, 5.74) is 0. The monoisotopic (exact) mass is 258 g/mol. The predicted molar refractivity (Wildman–Crippen MR) is 53.9 cm³/mol. The Bertz CT molecular complexity index is 372. The second-order valence-electron chi connectivity index (χ2n) is 3.14. The van der Waals surface area contributed by atoms with Gasteiger partial charge in [-0.15, -0.1) is 0 Å². The van der Waals surface area contributed by atoms with E-state index in [1.54, 1.807) is 0 Å². The summed E-state index contributed by atoms with van der Waals surface area (Å²) in [5, 5.41) is 0. The maximum atomic E-state index is 12.9. The molecule has 1 amide bonds. The van der Waals surface area contributed by atoms with Crippen LogP contribution < -0.4 is 4.90 Å². The average molecular weight is 259 g/mol. The van der Waals surface area contributed by atoms with Crippen molar-refractivity contribution in [2.75, 3.05) is 11.4 Å². The Morgan fingerprint density at radius 1 is 1.64 bits per heavy atom. The van der Waals surface area contributed by atoms with Gasteiger partial charge in [0.25, 0.3) is 0 Å². The van der Waals surface area contributed by atoms with Gasteiger partial charge >= 0.3 is 0 Å². The SMILES string of the molecule is O=C1CC(Br)CN1c1cc(F)ccn1. The highest BCUT2D eigenvalue weighted by Crippen LogP contribution is 2.23. The summed E-state index contributed by atoms with van der Waals surface area (Å²) in [7, 11) is 0. The zero-order valence-corrected chi connectivity index (χ0v) is 8.87. The summed E-state index contributed by atoms with van der Waals surface area (Å²) < 4.78 is 12.9.